The van der Waals surface area contributed by atoms with Crippen molar-refractivity contribution in [3.05, 3.63) is 35.9 Å². The molecule has 0 spiro atoms. The lowest BCUT2D eigenvalue weighted by Crippen LogP contribution is -2.52. The van der Waals surface area contributed by atoms with E-state index in [2.05, 4.69) is 20.7 Å². The molecule has 0 bridgehead atoms. The van der Waals surface area contributed by atoms with Crippen molar-refractivity contribution in [2.45, 2.75) is 32.0 Å². The van der Waals surface area contributed by atoms with E-state index in [1.54, 1.807) is 24.3 Å². The molecule has 0 aliphatic carbocycles. The minimum atomic E-state index is -1.59. The van der Waals surface area contributed by atoms with Gasteiger partial charge in [0.1, 0.15) is 23.3 Å². The van der Waals surface area contributed by atoms with Gasteiger partial charge in [-0.05, 0) is 12.5 Å². The Morgan fingerprint density at radius 1 is 1.07 bits per heavy atom. The average Bonchev–Trinajstić information content (AvgIpc) is 2.65. The van der Waals surface area contributed by atoms with Crippen molar-refractivity contribution in [2.24, 2.45) is 0 Å². The first-order valence-corrected chi connectivity index (χ1v) is 9.80. The van der Waals surface area contributed by atoms with Gasteiger partial charge in [-0.1, -0.05) is 30.3 Å². The van der Waals surface area contributed by atoms with Gasteiger partial charge in [0.25, 0.3) is 0 Å². The molecule has 11 heteroatoms. The van der Waals surface area contributed by atoms with Gasteiger partial charge in [0.2, 0.25) is 11.8 Å². The second-order valence-electron chi connectivity index (χ2n) is 5.80. The van der Waals surface area contributed by atoms with E-state index in [4.69, 9.17) is 0 Å². The number of hydrogen-bond donors (Lipinski definition) is 4. The van der Waals surface area contributed by atoms with Crippen LogP contribution in [0.25, 0.3) is 0 Å². The van der Waals surface area contributed by atoms with Gasteiger partial charge in [0.15, 0.2) is 0 Å². The molecular weight excluding hydrogens is 388 g/mol. The predicted molar refractivity (Wildman–Crippen MR) is 101 cm³/mol. The van der Waals surface area contributed by atoms with Crippen LogP contribution < -0.4 is 20.7 Å². The van der Waals surface area contributed by atoms with Crippen LogP contribution in [0.4, 0.5) is 0 Å². The fraction of sp³-hybridized carbons (Fsp3) is 0.353. The summed E-state index contributed by atoms with van der Waals surface area (Å²) in [6.45, 7) is 1.47. The highest BCUT2D eigenvalue weighted by atomic mass is 32.2. The summed E-state index contributed by atoms with van der Waals surface area (Å²) < 4.78 is 13.0. The van der Waals surface area contributed by atoms with E-state index in [1.165, 1.54) is 13.2 Å². The van der Waals surface area contributed by atoms with Crippen LogP contribution in [0.1, 0.15) is 18.9 Å². The lowest BCUT2D eigenvalue weighted by molar-refractivity contribution is -0.140. The first kappa shape index (κ1) is 23.0. The van der Waals surface area contributed by atoms with E-state index in [9.17, 15) is 28.2 Å². The number of benzene rings is 1. The minimum Gasteiger partial charge on any atom is -0.344 e. The van der Waals surface area contributed by atoms with Crippen LogP contribution in [0.2, 0.25) is 0 Å². The Kier molecular flexibility index (Phi) is 9.51. The van der Waals surface area contributed by atoms with Crippen LogP contribution in [0.15, 0.2) is 30.3 Å². The molecule has 0 heterocycles. The summed E-state index contributed by atoms with van der Waals surface area (Å²) in [7, 11) is -1.59. The van der Waals surface area contributed by atoms with Crippen molar-refractivity contribution in [1.29, 1.82) is 0 Å². The van der Waals surface area contributed by atoms with E-state index >= 15 is 0 Å². The zero-order chi connectivity index (χ0) is 21.1. The lowest BCUT2D eigenvalue weighted by Gasteiger charge is -2.17. The number of nitrogens with one attached hydrogen (secondary N) is 4. The summed E-state index contributed by atoms with van der Waals surface area (Å²) in [5.41, 5.74) is 0.801. The highest BCUT2D eigenvalue weighted by Gasteiger charge is 2.23. The van der Waals surface area contributed by atoms with Crippen LogP contribution in [-0.4, -0.2) is 52.5 Å². The molecular formula is C17H22N4O6S. The molecule has 3 unspecified atom stereocenters. The maximum Gasteiger partial charge on any atom is 0.309 e. The molecule has 4 N–H and O–H groups in total. The van der Waals surface area contributed by atoms with Crippen molar-refractivity contribution in [3.8, 4) is 0 Å². The predicted octanol–water partition coefficient (Wildman–Crippen LogP) is -1.71. The quantitative estimate of drug-likeness (QED) is 0.281. The molecule has 0 fully saturated rings. The Labute approximate surface area is 164 Å². The fourth-order valence-corrected chi connectivity index (χ4v) is 2.43. The molecule has 1 aromatic rings. The molecule has 0 saturated heterocycles. The summed E-state index contributed by atoms with van der Waals surface area (Å²) in [4.78, 5) is 58.2. The SMILES string of the molecule is CC(NC(=O)C(=O)NCc1ccccc1)C(=O)NC(C=O)CC(=O)NS(C)=O. The second-order valence-corrected chi connectivity index (χ2v) is 6.91. The summed E-state index contributed by atoms with van der Waals surface area (Å²) in [5, 5.41) is 6.88. The van der Waals surface area contributed by atoms with Crippen LogP contribution in [0.3, 0.4) is 0 Å². The number of rotatable bonds is 9. The van der Waals surface area contributed by atoms with Crippen molar-refractivity contribution >= 4 is 40.9 Å². The van der Waals surface area contributed by atoms with Gasteiger partial charge in [-0.15, -0.1) is 0 Å². The first-order chi connectivity index (χ1) is 13.2. The van der Waals surface area contributed by atoms with E-state index in [-0.39, 0.29) is 6.54 Å². The van der Waals surface area contributed by atoms with Gasteiger partial charge in [-0.25, -0.2) is 4.21 Å². The summed E-state index contributed by atoms with van der Waals surface area (Å²) in [6.07, 6.45) is 1.18. The molecule has 0 radical (unpaired) electrons. The van der Waals surface area contributed by atoms with Gasteiger partial charge in [-0.3, -0.25) is 23.9 Å². The minimum absolute atomic E-state index is 0.148. The normalized spacial score (nSPS) is 13.4. The second kappa shape index (κ2) is 11.6. The Bertz CT molecular complexity index is 755. The largest absolute Gasteiger partial charge is 0.344 e. The third kappa shape index (κ3) is 8.54. The molecule has 1 aromatic carbocycles. The van der Waals surface area contributed by atoms with Crippen molar-refractivity contribution in [2.75, 3.05) is 6.26 Å². The summed E-state index contributed by atoms with van der Waals surface area (Å²) in [6, 6.07) is 6.65. The molecule has 0 saturated carbocycles. The van der Waals surface area contributed by atoms with Crippen LogP contribution in [0.5, 0.6) is 0 Å². The maximum absolute atomic E-state index is 12.0. The van der Waals surface area contributed by atoms with Crippen LogP contribution >= 0.6 is 0 Å². The average molecular weight is 410 g/mol. The molecule has 4 amide bonds. The number of carbonyl (C=O) groups is 5. The smallest absolute Gasteiger partial charge is 0.309 e. The van der Waals surface area contributed by atoms with Crippen molar-refractivity contribution < 1.29 is 28.2 Å². The van der Waals surface area contributed by atoms with E-state index in [0.717, 1.165) is 5.56 Å². The van der Waals surface area contributed by atoms with Gasteiger partial charge >= 0.3 is 11.8 Å². The molecule has 1 rings (SSSR count). The fourth-order valence-electron chi connectivity index (χ4n) is 2.03. The van der Waals surface area contributed by atoms with E-state index in [1.807, 2.05) is 6.07 Å². The van der Waals surface area contributed by atoms with E-state index in [0.29, 0.717) is 6.29 Å². The number of amides is 4. The molecule has 0 aromatic heterocycles. The highest BCUT2D eigenvalue weighted by molar-refractivity contribution is 7.82. The lowest BCUT2D eigenvalue weighted by atomic mass is 10.2. The summed E-state index contributed by atoms with van der Waals surface area (Å²) in [5.74, 6) is -3.37. The zero-order valence-electron chi connectivity index (χ0n) is 15.4. The first-order valence-electron chi connectivity index (χ1n) is 8.24. The molecule has 3 atom stereocenters. The molecule has 10 nitrogen and oxygen atoms in total. The summed E-state index contributed by atoms with van der Waals surface area (Å²) >= 11 is 0. The number of carbonyl (C=O) groups excluding carboxylic acids is 5. The molecule has 0 aliphatic heterocycles. The van der Waals surface area contributed by atoms with Gasteiger partial charge < -0.3 is 20.7 Å². The number of hydrogen-bond acceptors (Lipinski definition) is 6. The Morgan fingerprint density at radius 2 is 1.71 bits per heavy atom. The highest BCUT2D eigenvalue weighted by Crippen LogP contribution is 1.97. The number of aldehydes is 1. The van der Waals surface area contributed by atoms with E-state index < -0.39 is 53.1 Å². The van der Waals surface area contributed by atoms with Gasteiger partial charge in [0.05, 0.1) is 12.5 Å². The third-order valence-electron chi connectivity index (χ3n) is 3.40. The monoisotopic (exact) mass is 410 g/mol. The zero-order valence-corrected chi connectivity index (χ0v) is 16.2. The Morgan fingerprint density at radius 3 is 2.29 bits per heavy atom. The molecule has 0 aliphatic rings. The topological polar surface area (TPSA) is 151 Å². The van der Waals surface area contributed by atoms with Crippen LogP contribution in [-0.2, 0) is 41.5 Å². The Hall–Kier alpha value is -3.08. The van der Waals surface area contributed by atoms with Gasteiger partial charge in [-0.2, -0.15) is 0 Å². The van der Waals surface area contributed by atoms with Crippen molar-refractivity contribution in [1.82, 2.24) is 20.7 Å². The molecule has 152 valence electrons. The van der Waals surface area contributed by atoms with Crippen LogP contribution in [0, 0.1) is 0 Å². The van der Waals surface area contributed by atoms with Crippen molar-refractivity contribution in [3.63, 3.8) is 0 Å². The Balaban J connectivity index is 2.47. The molecule has 28 heavy (non-hydrogen) atoms. The standard InChI is InChI=1S/C17H22N4O6S/c1-11(15(24)20-13(10-22)8-14(23)21-28(2)27)19-17(26)16(25)18-9-12-6-4-3-5-7-12/h3-7,10-11,13H,8-9H2,1-2H3,(H,18,25)(H,19,26)(H,20,24)(H,21,23). The maximum atomic E-state index is 12.0. The third-order valence-corrected chi connectivity index (χ3v) is 3.91. The van der Waals surface area contributed by atoms with Gasteiger partial charge in [0, 0.05) is 12.8 Å².